The minimum atomic E-state index is -0.971. The van der Waals surface area contributed by atoms with Gasteiger partial charge in [-0.2, -0.15) is 0 Å². The van der Waals surface area contributed by atoms with Gasteiger partial charge in [-0.05, 0) is 25.5 Å². The number of amides is 1. The molecule has 0 heterocycles. The minimum absolute atomic E-state index is 0.0233. The number of hydrogen-bond acceptors (Lipinski definition) is 3. The lowest BCUT2D eigenvalue weighted by Crippen LogP contribution is -2.37. The van der Waals surface area contributed by atoms with Crippen LogP contribution in [0.5, 0.6) is 0 Å². The molecule has 0 bridgehead atoms. The number of nitrogens with zero attached hydrogens (tertiary/aromatic N) is 1. The summed E-state index contributed by atoms with van der Waals surface area (Å²) in [6.07, 6.45) is 1.36. The molecular formula is C15H17F2NO3. The number of ether oxygens (including phenoxy) is 1. The summed E-state index contributed by atoms with van der Waals surface area (Å²) in [6, 6.07) is 2.26. The fourth-order valence-corrected chi connectivity index (χ4v) is 1.75. The van der Waals surface area contributed by atoms with Crippen LogP contribution in [0.2, 0.25) is 0 Å². The van der Waals surface area contributed by atoms with Crippen molar-refractivity contribution >= 4 is 11.9 Å². The second kappa shape index (κ2) is 7.52. The SMILES string of the molecule is C=CCN(CC(=O)OCC)C(=O)c1c(F)ccc(C)c1F. The summed E-state index contributed by atoms with van der Waals surface area (Å²) in [4.78, 5) is 24.7. The third-order valence-electron chi connectivity index (χ3n) is 2.76. The quantitative estimate of drug-likeness (QED) is 0.598. The highest BCUT2D eigenvalue weighted by molar-refractivity contribution is 5.96. The highest BCUT2D eigenvalue weighted by Gasteiger charge is 2.25. The standard InChI is InChI=1S/C15H17F2NO3/c1-4-8-18(9-12(19)21-5-2)15(20)13-11(16)7-6-10(3)14(13)17/h4,6-7H,1,5,8-9H2,2-3H3. The van der Waals surface area contributed by atoms with E-state index in [2.05, 4.69) is 6.58 Å². The minimum Gasteiger partial charge on any atom is -0.465 e. The van der Waals surface area contributed by atoms with Gasteiger partial charge in [-0.15, -0.1) is 6.58 Å². The maximum atomic E-state index is 14.0. The zero-order valence-electron chi connectivity index (χ0n) is 12.0. The molecule has 0 aliphatic heterocycles. The Hall–Kier alpha value is -2.24. The van der Waals surface area contributed by atoms with E-state index < -0.39 is 35.6 Å². The van der Waals surface area contributed by atoms with E-state index in [-0.39, 0.29) is 18.7 Å². The Morgan fingerprint density at radius 2 is 2.05 bits per heavy atom. The number of benzene rings is 1. The highest BCUT2D eigenvalue weighted by Crippen LogP contribution is 2.18. The van der Waals surface area contributed by atoms with Crippen molar-refractivity contribution < 1.29 is 23.1 Å². The predicted molar refractivity (Wildman–Crippen MR) is 73.8 cm³/mol. The van der Waals surface area contributed by atoms with Crippen LogP contribution in [-0.2, 0) is 9.53 Å². The Morgan fingerprint density at radius 1 is 1.38 bits per heavy atom. The van der Waals surface area contributed by atoms with E-state index in [0.717, 1.165) is 11.0 Å². The molecule has 1 rings (SSSR count). The van der Waals surface area contributed by atoms with Gasteiger partial charge in [0.25, 0.3) is 5.91 Å². The zero-order chi connectivity index (χ0) is 16.0. The number of halogens is 2. The Labute approximate surface area is 122 Å². The van der Waals surface area contributed by atoms with Crippen LogP contribution in [0.3, 0.4) is 0 Å². The Bertz CT molecular complexity index is 558. The summed E-state index contributed by atoms with van der Waals surface area (Å²) in [7, 11) is 0. The first-order valence-electron chi connectivity index (χ1n) is 6.42. The summed E-state index contributed by atoms with van der Waals surface area (Å²) in [5.74, 6) is -3.47. The van der Waals surface area contributed by atoms with E-state index in [1.54, 1.807) is 6.92 Å². The Balaban J connectivity index is 3.09. The van der Waals surface area contributed by atoms with E-state index in [4.69, 9.17) is 4.74 Å². The predicted octanol–water partition coefficient (Wildman–Crippen LogP) is 2.46. The molecule has 1 aromatic carbocycles. The third kappa shape index (κ3) is 4.11. The van der Waals surface area contributed by atoms with Crippen molar-refractivity contribution in [1.82, 2.24) is 4.90 Å². The lowest BCUT2D eigenvalue weighted by atomic mass is 10.1. The fraction of sp³-hybridized carbons (Fsp3) is 0.333. The number of aryl methyl sites for hydroxylation is 1. The van der Waals surface area contributed by atoms with E-state index in [0.29, 0.717) is 0 Å². The monoisotopic (exact) mass is 297 g/mol. The van der Waals surface area contributed by atoms with Crippen LogP contribution in [0, 0.1) is 18.6 Å². The summed E-state index contributed by atoms with van der Waals surface area (Å²) in [5.41, 5.74) is -0.532. The van der Waals surface area contributed by atoms with Gasteiger partial charge in [0.1, 0.15) is 23.7 Å². The van der Waals surface area contributed by atoms with Crippen LogP contribution in [-0.4, -0.2) is 36.5 Å². The van der Waals surface area contributed by atoms with E-state index in [1.165, 1.54) is 19.1 Å². The number of esters is 1. The average molecular weight is 297 g/mol. The van der Waals surface area contributed by atoms with Gasteiger partial charge in [-0.3, -0.25) is 9.59 Å². The first kappa shape index (κ1) is 16.8. The van der Waals surface area contributed by atoms with Crippen LogP contribution in [0.15, 0.2) is 24.8 Å². The summed E-state index contributed by atoms with van der Waals surface area (Å²) in [6.45, 7) is 6.24. The molecule has 0 unspecified atom stereocenters. The molecule has 114 valence electrons. The first-order chi connectivity index (χ1) is 9.92. The number of carbonyl (C=O) groups excluding carboxylic acids is 2. The lowest BCUT2D eigenvalue weighted by molar-refractivity contribution is -0.143. The van der Waals surface area contributed by atoms with Crippen LogP contribution in [0.25, 0.3) is 0 Å². The van der Waals surface area contributed by atoms with Crippen molar-refractivity contribution in [2.24, 2.45) is 0 Å². The molecule has 0 saturated carbocycles. The molecule has 0 aromatic heterocycles. The van der Waals surface area contributed by atoms with Gasteiger partial charge < -0.3 is 9.64 Å². The van der Waals surface area contributed by atoms with Gasteiger partial charge in [0.2, 0.25) is 0 Å². The molecule has 0 atom stereocenters. The molecule has 0 aliphatic rings. The van der Waals surface area contributed by atoms with Crippen LogP contribution < -0.4 is 0 Å². The fourth-order valence-electron chi connectivity index (χ4n) is 1.75. The van der Waals surface area contributed by atoms with Crippen molar-refractivity contribution in [2.75, 3.05) is 19.7 Å². The largest absolute Gasteiger partial charge is 0.465 e. The molecular weight excluding hydrogens is 280 g/mol. The molecule has 4 nitrogen and oxygen atoms in total. The van der Waals surface area contributed by atoms with E-state index in [9.17, 15) is 18.4 Å². The van der Waals surface area contributed by atoms with Gasteiger partial charge in [-0.25, -0.2) is 8.78 Å². The smallest absolute Gasteiger partial charge is 0.325 e. The van der Waals surface area contributed by atoms with Gasteiger partial charge in [0.05, 0.1) is 6.61 Å². The Morgan fingerprint density at radius 3 is 2.62 bits per heavy atom. The summed E-state index contributed by atoms with van der Waals surface area (Å²) >= 11 is 0. The highest BCUT2D eigenvalue weighted by atomic mass is 19.1. The van der Waals surface area contributed by atoms with Gasteiger partial charge in [-0.1, -0.05) is 12.1 Å². The summed E-state index contributed by atoms with van der Waals surface area (Å²) in [5, 5.41) is 0. The molecule has 1 amide bonds. The van der Waals surface area contributed by atoms with Crippen LogP contribution in [0.4, 0.5) is 8.78 Å². The normalized spacial score (nSPS) is 10.1. The maximum Gasteiger partial charge on any atom is 0.325 e. The number of rotatable bonds is 6. The van der Waals surface area contributed by atoms with Crippen LogP contribution in [0.1, 0.15) is 22.8 Å². The van der Waals surface area contributed by atoms with Crippen molar-refractivity contribution in [3.63, 3.8) is 0 Å². The molecule has 0 spiro atoms. The molecule has 0 radical (unpaired) electrons. The third-order valence-corrected chi connectivity index (χ3v) is 2.76. The van der Waals surface area contributed by atoms with Crippen molar-refractivity contribution in [3.8, 4) is 0 Å². The molecule has 21 heavy (non-hydrogen) atoms. The van der Waals surface area contributed by atoms with Gasteiger partial charge in [0.15, 0.2) is 0 Å². The zero-order valence-corrected chi connectivity index (χ0v) is 12.0. The second-order valence-corrected chi connectivity index (χ2v) is 4.33. The van der Waals surface area contributed by atoms with Gasteiger partial charge >= 0.3 is 5.97 Å². The van der Waals surface area contributed by atoms with E-state index in [1.807, 2.05) is 0 Å². The van der Waals surface area contributed by atoms with Gasteiger partial charge in [0, 0.05) is 6.54 Å². The topological polar surface area (TPSA) is 46.6 Å². The molecule has 6 heteroatoms. The Kier molecular flexibility index (Phi) is 6.02. The molecule has 0 N–H and O–H groups in total. The maximum absolute atomic E-state index is 14.0. The first-order valence-corrected chi connectivity index (χ1v) is 6.42. The number of hydrogen-bond donors (Lipinski definition) is 0. The lowest BCUT2D eigenvalue weighted by Gasteiger charge is -2.21. The molecule has 0 fully saturated rings. The summed E-state index contributed by atoms with van der Waals surface area (Å²) < 4.78 is 32.4. The van der Waals surface area contributed by atoms with Crippen LogP contribution >= 0.6 is 0 Å². The molecule has 0 aliphatic carbocycles. The van der Waals surface area contributed by atoms with Crippen molar-refractivity contribution in [1.29, 1.82) is 0 Å². The van der Waals surface area contributed by atoms with Crippen molar-refractivity contribution in [3.05, 3.63) is 47.5 Å². The number of carbonyl (C=O) groups is 2. The molecule has 1 aromatic rings. The van der Waals surface area contributed by atoms with Crippen molar-refractivity contribution in [2.45, 2.75) is 13.8 Å². The van der Waals surface area contributed by atoms with E-state index >= 15 is 0 Å². The average Bonchev–Trinajstić information content (AvgIpc) is 2.43. The molecule has 0 saturated heterocycles. The second-order valence-electron chi connectivity index (χ2n) is 4.33.